The quantitative estimate of drug-likeness (QED) is 0.630. The van der Waals surface area contributed by atoms with Gasteiger partial charge in [0.15, 0.2) is 0 Å². The topological polar surface area (TPSA) is 15.0 Å². The second-order valence-corrected chi connectivity index (χ2v) is 7.34. The van der Waals surface area contributed by atoms with Gasteiger partial charge < -0.3 is 0 Å². The maximum Gasteiger partial charge on any atom is 0.307 e. The fraction of sp³-hybridized carbons (Fsp3) is 0.278. The molecule has 1 fully saturated rings. The van der Waals surface area contributed by atoms with Crippen molar-refractivity contribution in [3.8, 4) is 0 Å². The van der Waals surface area contributed by atoms with Gasteiger partial charge in [0.1, 0.15) is 13.1 Å². The molecule has 0 amide bonds. The van der Waals surface area contributed by atoms with Crippen LogP contribution < -0.4 is 5.32 Å². The second kappa shape index (κ2) is 7.84. The first-order valence-corrected chi connectivity index (χ1v) is 9.51. The molecule has 0 radical (unpaired) electrons. The second-order valence-electron chi connectivity index (χ2n) is 5.41. The van der Waals surface area contributed by atoms with E-state index in [1.165, 1.54) is 16.3 Å². The molecule has 2 aromatic rings. The molecule has 0 aromatic heterocycles. The van der Waals surface area contributed by atoms with Crippen molar-refractivity contribution < 1.29 is 4.58 Å². The Morgan fingerprint density at radius 1 is 0.955 bits per heavy atom. The van der Waals surface area contributed by atoms with Gasteiger partial charge in [-0.2, -0.15) is 0 Å². The van der Waals surface area contributed by atoms with Crippen LogP contribution in [0.5, 0.6) is 0 Å². The Labute approximate surface area is 144 Å². The molecule has 2 nitrogen and oxygen atoms in total. The Bertz CT molecular complexity index is 585. The van der Waals surface area contributed by atoms with Crippen LogP contribution in [-0.2, 0) is 13.1 Å². The first-order chi connectivity index (χ1) is 10.8. The van der Waals surface area contributed by atoms with E-state index in [4.69, 9.17) is 0 Å². The summed E-state index contributed by atoms with van der Waals surface area (Å²) in [7, 11) is 0. The van der Waals surface area contributed by atoms with Crippen molar-refractivity contribution in [2.75, 3.05) is 11.9 Å². The molecular weight excluding hydrogens is 356 g/mol. The Balaban J connectivity index is 1.84. The fourth-order valence-corrected chi connectivity index (χ4v) is 4.14. The van der Waals surface area contributed by atoms with Crippen molar-refractivity contribution in [1.29, 1.82) is 0 Å². The Morgan fingerprint density at radius 3 is 1.95 bits per heavy atom. The Morgan fingerprint density at radius 2 is 1.50 bits per heavy atom. The molecule has 2 aromatic carbocycles. The molecule has 1 atom stereocenters. The summed E-state index contributed by atoms with van der Waals surface area (Å²) in [5.41, 5.74) is 2.69. The average Bonchev–Trinajstić information content (AvgIpc) is 3.05. The van der Waals surface area contributed by atoms with Crippen molar-refractivity contribution in [1.82, 2.24) is 5.32 Å². The Hall–Kier alpha value is -1.26. The van der Waals surface area contributed by atoms with Crippen LogP contribution in [0, 0.1) is 0 Å². The minimum absolute atomic E-state index is 0.615. The number of nitrogens with zero attached hydrogens (tertiary/aromatic N) is 1. The summed E-state index contributed by atoms with van der Waals surface area (Å²) in [5, 5.41) is 6.50. The van der Waals surface area contributed by atoms with Crippen molar-refractivity contribution in [2.24, 2.45) is 0 Å². The van der Waals surface area contributed by atoms with E-state index in [0.717, 1.165) is 25.0 Å². The zero-order valence-electron chi connectivity index (χ0n) is 12.4. The molecule has 3 rings (SSSR count). The van der Waals surface area contributed by atoms with Crippen LogP contribution in [0.4, 0.5) is 0 Å². The van der Waals surface area contributed by atoms with E-state index < -0.39 is 0 Å². The highest BCUT2D eigenvalue weighted by Gasteiger charge is 2.28. The lowest BCUT2D eigenvalue weighted by molar-refractivity contribution is -0.559. The van der Waals surface area contributed by atoms with Crippen molar-refractivity contribution in [2.45, 2.75) is 18.3 Å². The largest absolute Gasteiger partial charge is 0.307 e. The van der Waals surface area contributed by atoms with Gasteiger partial charge in [-0.15, -0.1) is 0 Å². The van der Waals surface area contributed by atoms with E-state index >= 15 is 0 Å². The van der Waals surface area contributed by atoms with E-state index in [9.17, 15) is 0 Å². The average molecular weight is 376 g/mol. The predicted octanol–water partition coefficient (Wildman–Crippen LogP) is 3.86. The van der Waals surface area contributed by atoms with Crippen LogP contribution >= 0.6 is 27.7 Å². The van der Waals surface area contributed by atoms with Gasteiger partial charge in [0, 0.05) is 5.33 Å². The number of hydrogen-bond donors (Lipinski definition) is 1. The van der Waals surface area contributed by atoms with Crippen LogP contribution in [0.15, 0.2) is 60.7 Å². The van der Waals surface area contributed by atoms with E-state index in [2.05, 4.69) is 86.5 Å². The zero-order chi connectivity index (χ0) is 15.2. The molecule has 1 aliphatic heterocycles. The van der Waals surface area contributed by atoms with Gasteiger partial charge in [-0.25, -0.2) is 4.58 Å². The zero-order valence-corrected chi connectivity index (χ0v) is 14.8. The molecule has 1 N–H and O–H groups in total. The number of thioether (sulfide) groups is 1. The molecule has 114 valence electrons. The third-order valence-electron chi connectivity index (χ3n) is 3.65. The molecule has 0 aliphatic carbocycles. The van der Waals surface area contributed by atoms with Gasteiger partial charge in [0.2, 0.25) is 0 Å². The highest BCUT2D eigenvalue weighted by Crippen LogP contribution is 2.21. The molecule has 22 heavy (non-hydrogen) atoms. The van der Waals surface area contributed by atoms with Crippen molar-refractivity contribution in [3.63, 3.8) is 0 Å². The van der Waals surface area contributed by atoms with Gasteiger partial charge in [0.05, 0.1) is 11.8 Å². The molecule has 0 spiro atoms. The van der Waals surface area contributed by atoms with Gasteiger partial charge in [-0.3, -0.25) is 5.32 Å². The number of hydrogen-bond acceptors (Lipinski definition) is 1. The smallest absolute Gasteiger partial charge is 0.268 e. The van der Waals surface area contributed by atoms with E-state index in [1.54, 1.807) is 0 Å². The van der Waals surface area contributed by atoms with Gasteiger partial charge >= 0.3 is 5.17 Å². The summed E-state index contributed by atoms with van der Waals surface area (Å²) >= 11 is 5.54. The molecule has 1 saturated heterocycles. The SMILES string of the molecule is BrCC1CNC(=[N+](Cc2ccccc2)Cc2ccccc2)S1. The monoisotopic (exact) mass is 375 g/mol. The van der Waals surface area contributed by atoms with Crippen molar-refractivity contribution >= 4 is 32.9 Å². The van der Waals surface area contributed by atoms with Crippen LogP contribution in [-0.4, -0.2) is 26.9 Å². The minimum Gasteiger partial charge on any atom is -0.268 e. The molecule has 1 heterocycles. The number of alkyl halides is 1. The first kappa shape index (κ1) is 15.6. The molecule has 4 heteroatoms. The van der Waals surface area contributed by atoms with Gasteiger partial charge in [-0.05, 0) is 22.9 Å². The summed E-state index contributed by atoms with van der Waals surface area (Å²) in [6.45, 7) is 2.89. The Kier molecular flexibility index (Phi) is 5.57. The summed E-state index contributed by atoms with van der Waals surface area (Å²) in [6.07, 6.45) is 0. The van der Waals surface area contributed by atoms with E-state index in [-0.39, 0.29) is 0 Å². The summed E-state index contributed by atoms with van der Waals surface area (Å²) in [6, 6.07) is 21.4. The summed E-state index contributed by atoms with van der Waals surface area (Å²) < 4.78 is 2.44. The van der Waals surface area contributed by atoms with E-state index in [0.29, 0.717) is 5.25 Å². The number of benzene rings is 2. The molecule has 1 aliphatic rings. The maximum absolute atomic E-state index is 3.59. The highest BCUT2D eigenvalue weighted by atomic mass is 79.9. The van der Waals surface area contributed by atoms with E-state index in [1.807, 2.05) is 11.8 Å². The lowest BCUT2D eigenvalue weighted by Gasteiger charge is -2.10. The first-order valence-electron chi connectivity index (χ1n) is 7.51. The predicted molar refractivity (Wildman–Crippen MR) is 98.7 cm³/mol. The summed E-state index contributed by atoms with van der Waals surface area (Å²) in [4.78, 5) is 0. The van der Waals surface area contributed by atoms with Crippen LogP contribution in [0.1, 0.15) is 11.1 Å². The van der Waals surface area contributed by atoms with Gasteiger partial charge in [-0.1, -0.05) is 76.6 Å². The highest BCUT2D eigenvalue weighted by molar-refractivity contribution is 9.09. The van der Waals surface area contributed by atoms with Gasteiger partial charge in [0.25, 0.3) is 0 Å². The molecular formula is C18H20BrN2S+. The number of halogens is 1. The number of amidine groups is 1. The minimum atomic E-state index is 0.615. The van der Waals surface area contributed by atoms with Crippen LogP contribution in [0.2, 0.25) is 0 Å². The maximum atomic E-state index is 3.59. The lowest BCUT2D eigenvalue weighted by atomic mass is 10.2. The normalized spacial score (nSPS) is 17.3. The summed E-state index contributed by atoms with van der Waals surface area (Å²) in [5.74, 6) is 0. The third kappa shape index (κ3) is 4.14. The fourth-order valence-electron chi connectivity index (χ4n) is 2.52. The van der Waals surface area contributed by atoms with Crippen LogP contribution in [0.25, 0.3) is 0 Å². The molecule has 0 bridgehead atoms. The number of nitrogens with one attached hydrogen (secondary N) is 1. The standard InChI is InChI=1S/C18H19BrN2S/c19-11-17-12-20-18(22-17)21(13-15-7-3-1-4-8-15)14-16-9-5-2-6-10-16/h1-10,17H,11-14H2/p+1. The molecule has 0 saturated carbocycles. The third-order valence-corrected chi connectivity index (χ3v) is 6.15. The molecule has 1 unspecified atom stereocenters. The lowest BCUT2D eigenvalue weighted by Crippen LogP contribution is -2.27. The van der Waals surface area contributed by atoms with Crippen molar-refractivity contribution in [3.05, 3.63) is 71.8 Å². The number of rotatable bonds is 5. The van der Waals surface area contributed by atoms with Crippen LogP contribution in [0.3, 0.4) is 0 Å².